The van der Waals surface area contributed by atoms with E-state index in [-0.39, 0.29) is 19.0 Å². The number of aliphatic hydroxyl groups is 1. The van der Waals surface area contributed by atoms with E-state index in [9.17, 15) is 14.3 Å². The van der Waals surface area contributed by atoms with Gasteiger partial charge in [0, 0.05) is 24.9 Å². The summed E-state index contributed by atoms with van der Waals surface area (Å²) in [6.07, 6.45) is -0.769. The molecule has 5 nitrogen and oxygen atoms in total. The van der Waals surface area contributed by atoms with Crippen molar-refractivity contribution >= 4 is 11.7 Å². The molecule has 0 radical (unpaired) electrons. The monoisotopic (exact) mass is 256 g/mol. The molecule has 0 aliphatic heterocycles. The van der Waals surface area contributed by atoms with E-state index in [0.717, 1.165) is 0 Å². The Balaban J connectivity index is 2.47. The van der Waals surface area contributed by atoms with Crippen LogP contribution in [0.2, 0.25) is 0 Å². The van der Waals surface area contributed by atoms with Crippen molar-refractivity contribution in [3.63, 3.8) is 0 Å². The molecular weight excluding hydrogens is 239 g/mol. The lowest BCUT2D eigenvalue weighted by Gasteiger charge is -2.13. The number of anilines is 1. The van der Waals surface area contributed by atoms with E-state index in [0.29, 0.717) is 11.3 Å². The van der Waals surface area contributed by atoms with Crippen LogP contribution in [-0.4, -0.2) is 37.5 Å². The Bertz CT molecular complexity index is 412. The second-order valence-electron chi connectivity index (χ2n) is 3.86. The zero-order valence-corrected chi connectivity index (χ0v) is 10.4. The second-order valence-corrected chi connectivity index (χ2v) is 3.86. The van der Waals surface area contributed by atoms with Crippen LogP contribution < -0.4 is 10.6 Å². The molecule has 18 heavy (non-hydrogen) atoms. The maximum absolute atomic E-state index is 13.2. The van der Waals surface area contributed by atoms with Crippen LogP contribution in [0.25, 0.3) is 0 Å². The Hall–Kier alpha value is -1.66. The van der Waals surface area contributed by atoms with Crippen LogP contribution in [0.4, 0.5) is 14.9 Å². The highest BCUT2D eigenvalue weighted by Crippen LogP contribution is 2.16. The van der Waals surface area contributed by atoms with Crippen molar-refractivity contribution in [3.8, 4) is 0 Å². The summed E-state index contributed by atoms with van der Waals surface area (Å²) < 4.78 is 17.9. The van der Waals surface area contributed by atoms with Crippen LogP contribution in [0.15, 0.2) is 18.2 Å². The van der Waals surface area contributed by atoms with E-state index in [1.807, 2.05) is 0 Å². The molecule has 0 spiro atoms. The molecule has 0 aliphatic carbocycles. The Morgan fingerprint density at radius 2 is 2.28 bits per heavy atom. The summed E-state index contributed by atoms with van der Waals surface area (Å²) in [6.45, 7) is 1.78. The lowest BCUT2D eigenvalue weighted by Crippen LogP contribution is -2.37. The molecule has 0 saturated carbocycles. The van der Waals surface area contributed by atoms with Crippen LogP contribution in [0.1, 0.15) is 5.56 Å². The molecule has 0 saturated heterocycles. The van der Waals surface area contributed by atoms with Gasteiger partial charge < -0.3 is 20.5 Å². The first-order valence-corrected chi connectivity index (χ1v) is 5.51. The van der Waals surface area contributed by atoms with E-state index in [1.165, 1.54) is 19.2 Å². The number of halogens is 1. The fourth-order valence-corrected chi connectivity index (χ4v) is 1.37. The fraction of sp³-hybridized carbons (Fsp3) is 0.417. The van der Waals surface area contributed by atoms with Gasteiger partial charge in [0.05, 0.1) is 12.7 Å². The standard InChI is InChI=1S/C12H17FN2O3/c1-8-10(13)4-3-5-11(8)15-12(17)14-6-9(16)7-18-2/h3-5,9,16H,6-7H2,1-2H3,(H2,14,15,17). The van der Waals surface area contributed by atoms with Crippen molar-refractivity contribution in [1.29, 1.82) is 0 Å². The molecule has 0 bridgehead atoms. The first-order valence-electron chi connectivity index (χ1n) is 5.51. The predicted octanol–water partition coefficient (Wildman–Crippen LogP) is 1.26. The minimum atomic E-state index is -0.769. The first kappa shape index (κ1) is 14.4. The molecule has 0 heterocycles. The van der Waals surface area contributed by atoms with Gasteiger partial charge >= 0.3 is 6.03 Å². The average Bonchev–Trinajstić information content (AvgIpc) is 2.33. The Labute approximate surface area is 105 Å². The van der Waals surface area contributed by atoms with E-state index >= 15 is 0 Å². The summed E-state index contributed by atoms with van der Waals surface area (Å²) in [5.41, 5.74) is 0.763. The largest absolute Gasteiger partial charge is 0.389 e. The molecule has 1 aromatic rings. The molecule has 1 atom stereocenters. The lowest BCUT2D eigenvalue weighted by atomic mass is 10.2. The molecule has 100 valence electrons. The van der Waals surface area contributed by atoms with Gasteiger partial charge in [0.2, 0.25) is 0 Å². The maximum Gasteiger partial charge on any atom is 0.319 e. The highest BCUT2D eigenvalue weighted by Gasteiger charge is 2.09. The van der Waals surface area contributed by atoms with Crippen LogP contribution >= 0.6 is 0 Å². The normalized spacial score (nSPS) is 12.0. The smallest absolute Gasteiger partial charge is 0.319 e. The highest BCUT2D eigenvalue weighted by atomic mass is 19.1. The van der Waals surface area contributed by atoms with Crippen LogP contribution in [0, 0.1) is 12.7 Å². The first-order chi connectivity index (χ1) is 8.54. The zero-order valence-electron chi connectivity index (χ0n) is 10.4. The average molecular weight is 256 g/mol. The molecule has 1 rings (SSSR count). The maximum atomic E-state index is 13.2. The van der Waals surface area contributed by atoms with Crippen molar-refractivity contribution in [2.24, 2.45) is 0 Å². The number of hydrogen-bond donors (Lipinski definition) is 3. The molecule has 3 N–H and O–H groups in total. The Morgan fingerprint density at radius 3 is 2.94 bits per heavy atom. The third kappa shape index (κ3) is 4.31. The van der Waals surface area contributed by atoms with E-state index in [1.54, 1.807) is 13.0 Å². The molecule has 0 fully saturated rings. The number of benzene rings is 1. The van der Waals surface area contributed by atoms with Crippen molar-refractivity contribution in [2.45, 2.75) is 13.0 Å². The number of methoxy groups -OCH3 is 1. The van der Waals surface area contributed by atoms with Gasteiger partial charge in [-0.15, -0.1) is 0 Å². The van der Waals surface area contributed by atoms with Crippen molar-refractivity contribution in [2.75, 3.05) is 25.6 Å². The number of rotatable bonds is 5. The third-order valence-electron chi connectivity index (χ3n) is 2.37. The van der Waals surface area contributed by atoms with E-state index in [4.69, 9.17) is 4.74 Å². The van der Waals surface area contributed by atoms with Gasteiger partial charge in [-0.3, -0.25) is 0 Å². The number of carbonyl (C=O) groups excluding carboxylic acids is 1. The quantitative estimate of drug-likeness (QED) is 0.743. The second kappa shape index (κ2) is 6.93. The minimum Gasteiger partial charge on any atom is -0.389 e. The fourth-order valence-electron chi connectivity index (χ4n) is 1.37. The number of ether oxygens (including phenoxy) is 1. The Kier molecular flexibility index (Phi) is 5.54. The van der Waals surface area contributed by atoms with Gasteiger partial charge in [0.15, 0.2) is 0 Å². The lowest BCUT2D eigenvalue weighted by molar-refractivity contribution is 0.0663. The van der Waals surface area contributed by atoms with Crippen LogP contribution in [0.3, 0.4) is 0 Å². The van der Waals surface area contributed by atoms with Gasteiger partial charge in [0.1, 0.15) is 5.82 Å². The number of nitrogens with one attached hydrogen (secondary N) is 2. The molecule has 1 aromatic carbocycles. The van der Waals surface area contributed by atoms with Gasteiger partial charge in [-0.25, -0.2) is 9.18 Å². The summed E-state index contributed by atoms with van der Waals surface area (Å²) in [6, 6.07) is 3.93. The van der Waals surface area contributed by atoms with Gasteiger partial charge in [-0.1, -0.05) is 6.07 Å². The van der Waals surface area contributed by atoms with Crippen molar-refractivity contribution in [1.82, 2.24) is 5.32 Å². The summed E-state index contributed by atoms with van der Waals surface area (Å²) in [5, 5.41) is 14.3. The van der Waals surface area contributed by atoms with Crippen molar-refractivity contribution in [3.05, 3.63) is 29.6 Å². The summed E-state index contributed by atoms with van der Waals surface area (Å²) in [5.74, 6) is -0.382. The molecule has 0 aromatic heterocycles. The predicted molar refractivity (Wildman–Crippen MR) is 66.0 cm³/mol. The van der Waals surface area contributed by atoms with Gasteiger partial charge in [-0.05, 0) is 19.1 Å². The van der Waals surface area contributed by atoms with Crippen LogP contribution in [-0.2, 0) is 4.74 Å². The number of urea groups is 1. The van der Waals surface area contributed by atoms with Gasteiger partial charge in [0.25, 0.3) is 0 Å². The van der Waals surface area contributed by atoms with Gasteiger partial charge in [-0.2, -0.15) is 0 Å². The third-order valence-corrected chi connectivity index (χ3v) is 2.37. The molecule has 6 heteroatoms. The summed E-state index contributed by atoms with van der Waals surface area (Å²) in [7, 11) is 1.46. The minimum absolute atomic E-state index is 0.0635. The topological polar surface area (TPSA) is 70.6 Å². The van der Waals surface area contributed by atoms with E-state index in [2.05, 4.69) is 10.6 Å². The number of aliphatic hydroxyl groups excluding tert-OH is 1. The highest BCUT2D eigenvalue weighted by molar-refractivity contribution is 5.90. The van der Waals surface area contributed by atoms with E-state index < -0.39 is 12.1 Å². The number of hydrogen-bond acceptors (Lipinski definition) is 3. The van der Waals surface area contributed by atoms with Crippen LogP contribution in [0.5, 0.6) is 0 Å². The number of carbonyl (C=O) groups is 1. The molecular formula is C12H17FN2O3. The van der Waals surface area contributed by atoms with Crippen molar-refractivity contribution < 1.29 is 19.0 Å². The number of amides is 2. The zero-order chi connectivity index (χ0) is 13.5. The summed E-state index contributed by atoms with van der Waals surface area (Å²) >= 11 is 0. The SMILES string of the molecule is COCC(O)CNC(=O)Nc1cccc(F)c1C. The summed E-state index contributed by atoms with van der Waals surface area (Å²) in [4.78, 5) is 11.5. The molecule has 2 amide bonds. The Morgan fingerprint density at radius 1 is 1.56 bits per heavy atom. The molecule has 1 unspecified atom stereocenters. The molecule has 0 aliphatic rings.